The Hall–Kier alpha value is -4.36. The number of phenols is 2. The van der Waals surface area contributed by atoms with Crippen LogP contribution in [0.1, 0.15) is 0 Å². The molecule has 7 nitrogen and oxygen atoms in total. The van der Waals surface area contributed by atoms with Crippen molar-refractivity contribution in [1.29, 1.82) is 0 Å². The zero-order chi connectivity index (χ0) is 22.8. The van der Waals surface area contributed by atoms with Gasteiger partial charge in [-0.15, -0.1) is 0 Å². The Labute approximate surface area is 190 Å². The molecule has 0 radical (unpaired) electrons. The Balaban J connectivity index is 1.78. The van der Waals surface area contributed by atoms with Gasteiger partial charge in [-0.1, -0.05) is 12.1 Å². The van der Waals surface area contributed by atoms with Crippen molar-refractivity contribution in [2.24, 2.45) is 10.7 Å². The van der Waals surface area contributed by atoms with Gasteiger partial charge in [0.05, 0.1) is 40.0 Å². The van der Waals surface area contributed by atoms with Crippen LogP contribution in [-0.4, -0.2) is 32.9 Å². The molecule has 0 spiro atoms. The van der Waals surface area contributed by atoms with E-state index in [4.69, 9.17) is 15.7 Å². The lowest BCUT2D eigenvalue weighted by Gasteiger charge is -2.20. The zero-order valence-electron chi connectivity index (χ0n) is 17.8. The zero-order valence-corrected chi connectivity index (χ0v) is 17.8. The molecule has 0 unspecified atom stereocenters. The largest absolute Gasteiger partial charge is 0.508 e. The van der Waals surface area contributed by atoms with E-state index in [9.17, 15) is 10.2 Å². The van der Waals surface area contributed by atoms with Gasteiger partial charge < -0.3 is 25.8 Å². The molecule has 1 aliphatic carbocycles. The highest BCUT2D eigenvalue weighted by molar-refractivity contribution is 5.84. The summed E-state index contributed by atoms with van der Waals surface area (Å²) in [5, 5.41) is 23.5. The van der Waals surface area contributed by atoms with E-state index in [1.165, 1.54) is 0 Å². The van der Waals surface area contributed by atoms with Gasteiger partial charge in [0.2, 0.25) is 0 Å². The van der Waals surface area contributed by atoms with Gasteiger partial charge in [0.15, 0.2) is 0 Å². The van der Waals surface area contributed by atoms with E-state index < -0.39 is 0 Å². The Kier molecular flexibility index (Phi) is 5.38. The molecule has 164 valence electrons. The molecule has 7 heteroatoms. The van der Waals surface area contributed by atoms with Gasteiger partial charge in [-0.25, -0.2) is 4.98 Å². The van der Waals surface area contributed by atoms with Crippen LogP contribution < -0.4 is 16.4 Å². The van der Waals surface area contributed by atoms with Crippen molar-refractivity contribution in [3.05, 3.63) is 90.3 Å². The van der Waals surface area contributed by atoms with Crippen molar-refractivity contribution in [3.63, 3.8) is 0 Å². The summed E-state index contributed by atoms with van der Waals surface area (Å²) in [6.45, 7) is 0.917. The molecular weight excluding hydrogens is 414 g/mol. The summed E-state index contributed by atoms with van der Waals surface area (Å²) in [6.07, 6.45) is 0. The van der Waals surface area contributed by atoms with E-state index >= 15 is 0 Å². The second-order valence-electron chi connectivity index (χ2n) is 7.65. The Morgan fingerprint density at radius 2 is 1.58 bits per heavy atom. The summed E-state index contributed by atoms with van der Waals surface area (Å²) in [5.74, 6) is 0.413. The first kappa shape index (κ1) is 20.5. The molecule has 0 saturated heterocycles. The summed E-state index contributed by atoms with van der Waals surface area (Å²) in [6, 6.07) is 25.9. The average molecular weight is 438 g/mol. The topological polar surface area (TPSA) is 109 Å². The van der Waals surface area contributed by atoms with Crippen molar-refractivity contribution in [1.82, 2.24) is 9.55 Å². The molecule has 33 heavy (non-hydrogen) atoms. The van der Waals surface area contributed by atoms with Crippen molar-refractivity contribution in [2.45, 2.75) is 0 Å². The fourth-order valence-corrected chi connectivity index (χ4v) is 3.84. The molecule has 0 bridgehead atoms. The number of anilines is 2. The number of para-hydroxylation sites is 2. The van der Waals surface area contributed by atoms with Crippen LogP contribution in [0.25, 0.3) is 28.1 Å². The number of nitrogens with zero attached hydrogens (tertiary/aromatic N) is 3. The Morgan fingerprint density at radius 1 is 0.879 bits per heavy atom. The maximum absolute atomic E-state index is 9.79. The lowest BCUT2D eigenvalue weighted by Crippen LogP contribution is -2.16. The van der Waals surface area contributed by atoms with Crippen LogP contribution in [-0.2, 0) is 0 Å². The molecule has 5 rings (SSSR count). The minimum atomic E-state index is 0.204. The van der Waals surface area contributed by atoms with Gasteiger partial charge in [-0.2, -0.15) is 0 Å². The first-order valence-corrected chi connectivity index (χ1v) is 10.6. The third-order valence-electron chi connectivity index (χ3n) is 5.36. The van der Waals surface area contributed by atoms with Gasteiger partial charge in [-0.05, 0) is 72.8 Å². The van der Waals surface area contributed by atoms with E-state index in [-0.39, 0.29) is 11.5 Å². The van der Waals surface area contributed by atoms with Crippen molar-refractivity contribution >= 4 is 22.4 Å². The molecule has 1 heterocycles. The highest BCUT2D eigenvalue weighted by Gasteiger charge is 2.16. The smallest absolute Gasteiger partial charge is 0.115 e. The second-order valence-corrected chi connectivity index (χ2v) is 7.65. The number of aromatic nitrogens is 2. The van der Waals surface area contributed by atoms with Crippen molar-refractivity contribution < 1.29 is 10.2 Å². The summed E-state index contributed by atoms with van der Waals surface area (Å²) >= 11 is 0. The number of nitrogens with two attached hydrogens (primary N) is 1. The Morgan fingerprint density at radius 3 is 2.30 bits per heavy atom. The SMILES string of the molecule is NCC/N=c1/cc2n(-c3ccc(O)cc3)c3ccccc3nc-2cc1Nc1ccc(O)cc1. The van der Waals surface area contributed by atoms with Crippen LogP contribution in [0.4, 0.5) is 11.4 Å². The number of nitrogens with one attached hydrogen (secondary N) is 1. The lowest BCUT2D eigenvalue weighted by atomic mass is 10.1. The summed E-state index contributed by atoms with van der Waals surface area (Å²) < 4.78 is 2.11. The fraction of sp³-hybridized carbons (Fsp3) is 0.0769. The predicted molar refractivity (Wildman–Crippen MR) is 130 cm³/mol. The van der Waals surface area contributed by atoms with Crippen LogP contribution in [0.2, 0.25) is 0 Å². The van der Waals surface area contributed by atoms with Gasteiger partial charge in [-0.3, -0.25) is 4.99 Å². The number of rotatable bonds is 5. The quantitative estimate of drug-likeness (QED) is 0.244. The molecule has 3 aromatic carbocycles. The van der Waals surface area contributed by atoms with Crippen LogP contribution in [0.15, 0.2) is 89.9 Å². The highest BCUT2D eigenvalue weighted by atomic mass is 16.3. The van der Waals surface area contributed by atoms with Gasteiger partial charge in [0.1, 0.15) is 11.5 Å². The van der Waals surface area contributed by atoms with E-state index in [0.29, 0.717) is 13.1 Å². The van der Waals surface area contributed by atoms with Gasteiger partial charge in [0, 0.05) is 17.9 Å². The third-order valence-corrected chi connectivity index (χ3v) is 5.36. The Bertz CT molecular complexity index is 1460. The summed E-state index contributed by atoms with van der Waals surface area (Å²) in [7, 11) is 0. The lowest BCUT2D eigenvalue weighted by molar-refractivity contribution is 0.475. The van der Waals surface area contributed by atoms with Gasteiger partial charge in [0.25, 0.3) is 0 Å². The average Bonchev–Trinajstić information content (AvgIpc) is 2.83. The van der Waals surface area contributed by atoms with Crippen LogP contribution in [0.5, 0.6) is 11.5 Å². The molecular formula is C26H23N5O2. The molecule has 0 aromatic heterocycles. The summed E-state index contributed by atoms with van der Waals surface area (Å²) in [5.41, 5.74) is 11.7. The molecule has 3 aromatic rings. The maximum atomic E-state index is 9.79. The maximum Gasteiger partial charge on any atom is 0.115 e. The molecule has 5 N–H and O–H groups in total. The fourth-order valence-electron chi connectivity index (χ4n) is 3.84. The minimum Gasteiger partial charge on any atom is -0.508 e. The molecule has 0 amide bonds. The normalized spacial score (nSPS) is 11.8. The van der Waals surface area contributed by atoms with Gasteiger partial charge >= 0.3 is 0 Å². The molecule has 0 atom stereocenters. The van der Waals surface area contributed by atoms with Crippen LogP contribution in [0.3, 0.4) is 0 Å². The van der Waals surface area contributed by atoms with E-state index in [2.05, 4.69) is 9.88 Å². The number of aromatic hydroxyl groups is 2. The van der Waals surface area contributed by atoms with Crippen molar-refractivity contribution in [2.75, 3.05) is 18.4 Å². The predicted octanol–water partition coefficient (Wildman–Crippen LogP) is 4.14. The molecule has 0 saturated carbocycles. The molecule has 1 aliphatic heterocycles. The van der Waals surface area contributed by atoms with E-state index in [0.717, 1.165) is 44.8 Å². The van der Waals surface area contributed by atoms with E-state index in [1.54, 1.807) is 36.4 Å². The monoisotopic (exact) mass is 437 g/mol. The third kappa shape index (κ3) is 4.09. The number of hydrogen-bond donors (Lipinski definition) is 4. The first-order valence-electron chi connectivity index (χ1n) is 10.6. The number of benzene rings is 4. The molecule has 2 aliphatic rings. The minimum absolute atomic E-state index is 0.204. The highest BCUT2D eigenvalue weighted by Crippen LogP contribution is 2.31. The number of phenolic OH excluding ortho intramolecular Hbond substituents is 2. The van der Waals surface area contributed by atoms with Crippen molar-refractivity contribution in [3.8, 4) is 28.6 Å². The summed E-state index contributed by atoms with van der Waals surface area (Å²) in [4.78, 5) is 9.60. The second kappa shape index (κ2) is 8.64. The first-order chi connectivity index (χ1) is 16.1. The van der Waals surface area contributed by atoms with Crippen LogP contribution >= 0.6 is 0 Å². The number of hydrogen-bond acceptors (Lipinski definition) is 6. The molecule has 0 fully saturated rings. The standard InChI is InChI=1S/C26H23N5O2/c27-13-14-28-22-16-26-24(15-23(22)29-17-5-9-19(32)10-6-17)30-21-3-1-2-4-25(21)31(26)18-7-11-20(33)12-8-18/h1-12,15-16,29,32-33H,13-14,27H2/b28-22-. The van der Waals surface area contributed by atoms with Crippen LogP contribution in [0, 0.1) is 0 Å². The van der Waals surface area contributed by atoms with E-state index in [1.807, 2.05) is 48.5 Å². The number of fused-ring (bicyclic) bond motifs is 2.